The van der Waals surface area contributed by atoms with Crippen LogP contribution in [0.3, 0.4) is 0 Å². The maximum Gasteiger partial charge on any atom is 0.492 e. The summed E-state index contributed by atoms with van der Waals surface area (Å²) in [5, 5.41) is 15.2. The van der Waals surface area contributed by atoms with Crippen molar-refractivity contribution in [1.82, 2.24) is 10.2 Å². The van der Waals surface area contributed by atoms with E-state index in [1.807, 2.05) is 13.8 Å². The maximum absolute atomic E-state index is 12.4. The summed E-state index contributed by atoms with van der Waals surface area (Å²) < 4.78 is 5.51. The molecule has 0 aliphatic carbocycles. The summed E-state index contributed by atoms with van der Waals surface area (Å²) in [6.45, 7) is 4.30. The maximum atomic E-state index is 12.4. The van der Waals surface area contributed by atoms with Gasteiger partial charge in [-0.2, -0.15) is 0 Å². The molecule has 3 atom stereocenters. The van der Waals surface area contributed by atoms with Gasteiger partial charge in [0.1, 0.15) is 0 Å². The number of likely N-dealkylation sites (tertiary alicyclic amines) is 1. The Morgan fingerprint density at radius 2 is 1.94 bits per heavy atom. The van der Waals surface area contributed by atoms with E-state index in [0.29, 0.717) is 30.7 Å². The van der Waals surface area contributed by atoms with Crippen molar-refractivity contribution >= 4 is 36.0 Å². The number of piperidine rings is 1. The monoisotopic (exact) mass is 460 g/mol. The number of carbonyl (C=O) groups excluding carboxylic acids is 3. The average Bonchev–Trinajstić information content (AvgIpc) is 2.97. The molecule has 1 aromatic rings. The van der Waals surface area contributed by atoms with Gasteiger partial charge in [-0.1, -0.05) is 6.07 Å². The molecule has 3 unspecified atom stereocenters. The Morgan fingerprint density at radius 3 is 2.61 bits per heavy atom. The van der Waals surface area contributed by atoms with Gasteiger partial charge in [-0.05, 0) is 49.8 Å². The van der Waals surface area contributed by atoms with Crippen LogP contribution in [0.15, 0.2) is 18.2 Å². The number of hydrogen-bond donors (Lipinski definition) is 6. The van der Waals surface area contributed by atoms with E-state index in [9.17, 15) is 19.4 Å². The second-order valence-electron chi connectivity index (χ2n) is 9.25. The molecule has 2 aliphatic heterocycles. The highest BCUT2D eigenvalue weighted by molar-refractivity contribution is 6.62. The van der Waals surface area contributed by atoms with Gasteiger partial charge in [-0.15, -0.1) is 0 Å². The van der Waals surface area contributed by atoms with Gasteiger partial charge in [0.15, 0.2) is 0 Å². The Balaban J connectivity index is 1.42. The standard InChI is InChI=1S/C21H33BN6O5/c1-21(2)15-4-3-14(8-16(15)22(32)33-21)27-18(29)9-26-20(31)17(25)5-6-19(30)28-10-12(23)7-13(24)11-28/h3-4,8,12-13,17,32H,5-7,9-11,23-25H2,1-2H3,(H,26,31)(H,27,29). The minimum Gasteiger partial charge on any atom is -0.423 e. The second kappa shape index (κ2) is 10.2. The van der Waals surface area contributed by atoms with Crippen LogP contribution < -0.4 is 33.3 Å². The highest BCUT2D eigenvalue weighted by Gasteiger charge is 2.40. The molecule has 1 fully saturated rings. The molecule has 0 radical (unpaired) electrons. The van der Waals surface area contributed by atoms with Crippen LogP contribution in [-0.4, -0.2) is 72.5 Å². The number of anilines is 1. The smallest absolute Gasteiger partial charge is 0.423 e. The van der Waals surface area contributed by atoms with Crippen LogP contribution >= 0.6 is 0 Å². The fourth-order valence-corrected chi connectivity index (χ4v) is 4.25. The van der Waals surface area contributed by atoms with E-state index < -0.39 is 30.6 Å². The number of fused-ring (bicyclic) bond motifs is 1. The second-order valence-corrected chi connectivity index (χ2v) is 9.25. The van der Waals surface area contributed by atoms with Crippen molar-refractivity contribution in [3.8, 4) is 0 Å². The number of hydrogen-bond acceptors (Lipinski definition) is 8. The largest absolute Gasteiger partial charge is 0.492 e. The molecule has 0 aromatic heterocycles. The first-order chi connectivity index (χ1) is 15.5. The topological polar surface area (TPSA) is 186 Å². The SMILES string of the molecule is CC1(C)OB(O)c2cc(NC(=O)CNC(=O)C(N)CCC(=O)N3CC(N)CC(N)C3)ccc21. The average molecular weight is 460 g/mol. The lowest BCUT2D eigenvalue weighted by Gasteiger charge is -2.34. The lowest BCUT2D eigenvalue weighted by Crippen LogP contribution is -2.54. The zero-order chi connectivity index (χ0) is 24.3. The van der Waals surface area contributed by atoms with Gasteiger partial charge >= 0.3 is 7.12 Å². The number of nitrogens with two attached hydrogens (primary N) is 3. The van der Waals surface area contributed by atoms with Gasteiger partial charge in [-0.25, -0.2) is 0 Å². The summed E-state index contributed by atoms with van der Waals surface area (Å²) in [5.74, 6) is -1.12. The number of amides is 3. The minimum absolute atomic E-state index is 0.0933. The Kier molecular flexibility index (Phi) is 7.75. The van der Waals surface area contributed by atoms with Gasteiger partial charge in [-0.3, -0.25) is 14.4 Å². The molecule has 0 saturated carbocycles. The highest BCUT2D eigenvalue weighted by Crippen LogP contribution is 2.30. The van der Waals surface area contributed by atoms with Gasteiger partial charge in [0.05, 0.1) is 18.2 Å². The van der Waals surface area contributed by atoms with Crippen molar-refractivity contribution in [3.05, 3.63) is 23.8 Å². The lowest BCUT2D eigenvalue weighted by atomic mass is 9.78. The first-order valence-electron chi connectivity index (χ1n) is 11.1. The van der Waals surface area contributed by atoms with Gasteiger partial charge < -0.3 is 42.4 Å². The third kappa shape index (κ3) is 6.30. The molecule has 2 heterocycles. The summed E-state index contributed by atoms with van der Waals surface area (Å²) in [5.41, 5.74) is 19.0. The van der Waals surface area contributed by atoms with Crippen LogP contribution in [-0.2, 0) is 24.6 Å². The van der Waals surface area contributed by atoms with Crippen molar-refractivity contribution in [1.29, 1.82) is 0 Å². The zero-order valence-corrected chi connectivity index (χ0v) is 19.0. The van der Waals surface area contributed by atoms with E-state index in [1.54, 1.807) is 23.1 Å². The van der Waals surface area contributed by atoms with Gasteiger partial charge in [0, 0.05) is 37.3 Å². The van der Waals surface area contributed by atoms with Crippen molar-refractivity contribution in [3.63, 3.8) is 0 Å². The third-order valence-corrected chi connectivity index (χ3v) is 5.95. The molecule has 180 valence electrons. The molecule has 0 spiro atoms. The Labute approximate surface area is 193 Å². The highest BCUT2D eigenvalue weighted by atomic mass is 16.5. The van der Waals surface area contributed by atoms with E-state index >= 15 is 0 Å². The predicted octanol–water partition coefficient (Wildman–Crippen LogP) is -2.31. The molecule has 9 N–H and O–H groups in total. The van der Waals surface area contributed by atoms with Crippen molar-refractivity contribution in [2.24, 2.45) is 17.2 Å². The van der Waals surface area contributed by atoms with Gasteiger partial charge in [0.25, 0.3) is 0 Å². The molecule has 1 saturated heterocycles. The quantitative estimate of drug-likeness (QED) is 0.245. The number of nitrogens with zero attached hydrogens (tertiary/aromatic N) is 1. The Morgan fingerprint density at radius 1 is 1.27 bits per heavy atom. The van der Waals surface area contributed by atoms with E-state index in [4.69, 9.17) is 21.9 Å². The Hall–Kier alpha value is -2.51. The molecular formula is C21H33BN6O5. The molecule has 0 bridgehead atoms. The van der Waals surface area contributed by atoms with E-state index in [-0.39, 0.29) is 37.4 Å². The van der Waals surface area contributed by atoms with Crippen molar-refractivity contribution in [2.45, 2.75) is 56.8 Å². The van der Waals surface area contributed by atoms with Gasteiger partial charge in [0.2, 0.25) is 17.7 Å². The van der Waals surface area contributed by atoms with Crippen LogP contribution in [0.1, 0.15) is 38.7 Å². The van der Waals surface area contributed by atoms with Crippen LogP contribution in [0.5, 0.6) is 0 Å². The van der Waals surface area contributed by atoms with Crippen LogP contribution in [0.25, 0.3) is 0 Å². The summed E-state index contributed by atoms with van der Waals surface area (Å²) in [4.78, 5) is 38.4. The molecule has 11 nitrogen and oxygen atoms in total. The Bertz CT molecular complexity index is 903. The summed E-state index contributed by atoms with van der Waals surface area (Å²) in [6, 6.07) is 3.90. The third-order valence-electron chi connectivity index (χ3n) is 5.95. The summed E-state index contributed by atoms with van der Waals surface area (Å²) in [6.07, 6.45) is 0.910. The van der Waals surface area contributed by atoms with Crippen LogP contribution in [0, 0.1) is 0 Å². The minimum atomic E-state index is -1.07. The number of rotatable bonds is 7. The fourth-order valence-electron chi connectivity index (χ4n) is 4.25. The lowest BCUT2D eigenvalue weighted by molar-refractivity contribution is -0.133. The van der Waals surface area contributed by atoms with Crippen LogP contribution in [0.2, 0.25) is 0 Å². The van der Waals surface area contributed by atoms with E-state index in [0.717, 1.165) is 5.56 Å². The molecule has 12 heteroatoms. The molecular weight excluding hydrogens is 427 g/mol. The zero-order valence-electron chi connectivity index (χ0n) is 19.0. The number of carbonyl (C=O) groups is 3. The number of nitrogens with one attached hydrogen (secondary N) is 2. The molecule has 33 heavy (non-hydrogen) atoms. The normalized spacial score (nSPS) is 22.5. The molecule has 2 aliphatic rings. The first-order valence-corrected chi connectivity index (χ1v) is 11.1. The van der Waals surface area contributed by atoms with Crippen LogP contribution in [0.4, 0.5) is 5.69 Å². The van der Waals surface area contributed by atoms with Crippen molar-refractivity contribution in [2.75, 3.05) is 25.0 Å². The molecule has 3 rings (SSSR count). The summed E-state index contributed by atoms with van der Waals surface area (Å²) in [7, 11) is -1.07. The van der Waals surface area contributed by atoms with Crippen molar-refractivity contribution < 1.29 is 24.1 Å². The number of benzene rings is 1. The first kappa shape index (κ1) is 25.1. The molecule has 1 aromatic carbocycles. The fraction of sp³-hybridized carbons (Fsp3) is 0.571. The van der Waals surface area contributed by atoms with E-state index in [1.165, 1.54) is 0 Å². The molecule has 3 amide bonds. The summed E-state index contributed by atoms with van der Waals surface area (Å²) >= 11 is 0. The predicted molar refractivity (Wildman–Crippen MR) is 124 cm³/mol. The van der Waals surface area contributed by atoms with E-state index in [2.05, 4.69) is 10.6 Å².